The average Bonchev–Trinajstić information content (AvgIpc) is 1.84. The molecule has 0 saturated carbocycles. The quantitative estimate of drug-likeness (QED) is 0.373. The molecule has 0 atom stereocenters. The van der Waals surface area contributed by atoms with Gasteiger partial charge in [0.1, 0.15) is 11.4 Å². The number of hydrogen-bond acceptors (Lipinski definition) is 3. The summed E-state index contributed by atoms with van der Waals surface area (Å²) in [5, 5.41) is 13.5. The minimum absolute atomic E-state index is 0. The van der Waals surface area contributed by atoms with E-state index in [1.165, 1.54) is 0 Å². The number of halogens is 2. The van der Waals surface area contributed by atoms with Crippen LogP contribution in [0.15, 0.2) is 10.2 Å². The van der Waals surface area contributed by atoms with Crippen LogP contribution in [-0.4, -0.2) is 17.4 Å². The van der Waals surface area contributed by atoms with Crippen molar-refractivity contribution in [2.24, 2.45) is 21.7 Å². The molecule has 0 unspecified atom stereocenters. The topological polar surface area (TPSA) is 118 Å². The van der Waals surface area contributed by atoms with E-state index in [4.69, 9.17) is 11.1 Å². The van der Waals surface area contributed by atoms with Crippen molar-refractivity contribution in [3.8, 4) is 0 Å². The summed E-state index contributed by atoms with van der Waals surface area (Å²) in [5.41, 5.74) is 8.87. The van der Waals surface area contributed by atoms with E-state index in [0.29, 0.717) is 0 Å². The minimum Gasteiger partial charge on any atom is -0.386 e. The van der Waals surface area contributed by atoms with Gasteiger partial charge in [0.25, 0.3) is 0 Å². The SMILES string of the molecule is CC(C)(N=NC(N)=O)C(=N)N.Cl.Cl. The fourth-order valence-corrected chi connectivity index (χ4v) is 0.228. The Hall–Kier alpha value is -0.880. The van der Waals surface area contributed by atoms with Gasteiger partial charge >= 0.3 is 6.03 Å². The van der Waals surface area contributed by atoms with Crippen LogP contribution in [0.1, 0.15) is 13.8 Å². The highest BCUT2D eigenvalue weighted by atomic mass is 35.5. The molecular weight excluding hydrogens is 217 g/mol. The van der Waals surface area contributed by atoms with Crippen LogP contribution in [0, 0.1) is 5.41 Å². The third-order valence-corrected chi connectivity index (χ3v) is 1.06. The van der Waals surface area contributed by atoms with Gasteiger partial charge in [-0.05, 0) is 13.8 Å². The van der Waals surface area contributed by atoms with Crippen LogP contribution >= 0.6 is 24.8 Å². The number of azo groups is 1. The van der Waals surface area contributed by atoms with E-state index >= 15 is 0 Å². The van der Waals surface area contributed by atoms with Crippen molar-refractivity contribution in [1.29, 1.82) is 5.41 Å². The van der Waals surface area contributed by atoms with E-state index < -0.39 is 11.6 Å². The van der Waals surface area contributed by atoms with Gasteiger partial charge < -0.3 is 11.5 Å². The summed E-state index contributed by atoms with van der Waals surface area (Å²) < 4.78 is 0. The number of rotatable bonds is 2. The largest absolute Gasteiger partial charge is 0.386 e. The molecule has 0 aromatic rings. The molecule has 2 amide bonds. The fourth-order valence-electron chi connectivity index (χ4n) is 0.228. The molecule has 0 fully saturated rings. The molecule has 8 heteroatoms. The summed E-state index contributed by atoms with van der Waals surface area (Å²) >= 11 is 0. The molecule has 13 heavy (non-hydrogen) atoms. The molecular formula is C5H13Cl2N5O. The highest BCUT2D eigenvalue weighted by Gasteiger charge is 2.20. The highest BCUT2D eigenvalue weighted by molar-refractivity contribution is 5.86. The van der Waals surface area contributed by atoms with Gasteiger partial charge in [0.05, 0.1) is 0 Å². The molecule has 0 spiro atoms. The molecule has 5 N–H and O–H groups in total. The van der Waals surface area contributed by atoms with Gasteiger partial charge in [0, 0.05) is 0 Å². The maximum absolute atomic E-state index is 10.1. The van der Waals surface area contributed by atoms with Crippen molar-refractivity contribution in [2.75, 3.05) is 0 Å². The number of nitrogens with zero attached hydrogens (tertiary/aromatic N) is 2. The Kier molecular flexibility index (Phi) is 9.17. The van der Waals surface area contributed by atoms with Gasteiger partial charge in [0.15, 0.2) is 0 Å². The third-order valence-electron chi connectivity index (χ3n) is 1.06. The van der Waals surface area contributed by atoms with Crippen LogP contribution in [-0.2, 0) is 0 Å². The predicted molar refractivity (Wildman–Crippen MR) is 54.9 cm³/mol. The lowest BCUT2D eigenvalue weighted by Gasteiger charge is -2.14. The third kappa shape index (κ3) is 7.48. The fraction of sp³-hybridized carbons (Fsp3) is 0.600. The van der Waals surface area contributed by atoms with Crippen LogP contribution < -0.4 is 11.5 Å². The maximum Gasteiger partial charge on any atom is 0.356 e. The lowest BCUT2D eigenvalue weighted by Crippen LogP contribution is -2.35. The first kappa shape index (κ1) is 18.0. The second-order valence-corrected chi connectivity index (χ2v) is 2.51. The van der Waals surface area contributed by atoms with Crippen molar-refractivity contribution in [2.45, 2.75) is 19.4 Å². The number of primary amides is 1. The van der Waals surface area contributed by atoms with E-state index in [-0.39, 0.29) is 30.6 Å². The number of amides is 2. The number of amidine groups is 1. The van der Waals surface area contributed by atoms with Gasteiger partial charge in [-0.15, -0.1) is 24.8 Å². The molecule has 0 aliphatic carbocycles. The summed E-state index contributed by atoms with van der Waals surface area (Å²) in [7, 11) is 0. The van der Waals surface area contributed by atoms with Crippen LogP contribution in [0.4, 0.5) is 4.79 Å². The van der Waals surface area contributed by atoms with Crippen LogP contribution in [0.5, 0.6) is 0 Å². The van der Waals surface area contributed by atoms with Crippen molar-refractivity contribution >= 4 is 36.7 Å². The zero-order chi connectivity index (χ0) is 9.07. The number of nitrogens with one attached hydrogen (secondary N) is 1. The number of carbonyl (C=O) groups excluding carboxylic acids is 1. The van der Waals surface area contributed by atoms with Gasteiger partial charge in [-0.3, -0.25) is 5.41 Å². The molecule has 0 aliphatic heterocycles. The van der Waals surface area contributed by atoms with E-state index in [1.54, 1.807) is 13.8 Å². The second-order valence-electron chi connectivity index (χ2n) is 2.51. The Labute approximate surface area is 88.5 Å². The van der Waals surface area contributed by atoms with Gasteiger partial charge in [0.2, 0.25) is 0 Å². The molecule has 0 bridgehead atoms. The van der Waals surface area contributed by atoms with E-state index in [0.717, 1.165) is 0 Å². The predicted octanol–water partition coefficient (Wildman–Crippen LogP) is 1.08. The Balaban J connectivity index is -0.000000500. The Morgan fingerprint density at radius 3 is 1.92 bits per heavy atom. The summed E-state index contributed by atoms with van der Waals surface area (Å²) in [6, 6.07) is -0.890. The lowest BCUT2D eigenvalue weighted by molar-refractivity contribution is 0.254. The van der Waals surface area contributed by atoms with E-state index in [1.807, 2.05) is 0 Å². The molecule has 0 saturated heterocycles. The second kappa shape index (κ2) is 6.62. The molecule has 0 aliphatic rings. The average molecular weight is 230 g/mol. The highest BCUT2D eigenvalue weighted by Crippen LogP contribution is 2.07. The van der Waals surface area contributed by atoms with Crippen molar-refractivity contribution < 1.29 is 4.79 Å². The smallest absolute Gasteiger partial charge is 0.356 e. The first-order valence-corrected chi connectivity index (χ1v) is 2.93. The molecule has 0 rings (SSSR count). The first-order valence-electron chi connectivity index (χ1n) is 2.93. The van der Waals surface area contributed by atoms with Crippen LogP contribution in [0.3, 0.4) is 0 Å². The van der Waals surface area contributed by atoms with Crippen molar-refractivity contribution in [3.63, 3.8) is 0 Å². The molecule has 78 valence electrons. The Morgan fingerprint density at radius 2 is 1.69 bits per heavy atom. The zero-order valence-corrected chi connectivity index (χ0v) is 8.91. The van der Waals surface area contributed by atoms with Gasteiger partial charge in [-0.1, -0.05) is 5.11 Å². The standard InChI is InChI=1S/C5H11N5O.2ClH/c1-5(2,3(6)7)10-9-4(8)11;;/h1-2H3,(H3,6,7)(H2,8,11);2*1H. The van der Waals surface area contributed by atoms with E-state index in [2.05, 4.69) is 16.0 Å². The number of nitrogens with two attached hydrogens (primary N) is 2. The number of urea groups is 1. The monoisotopic (exact) mass is 229 g/mol. The van der Waals surface area contributed by atoms with Crippen LogP contribution in [0.25, 0.3) is 0 Å². The summed E-state index contributed by atoms with van der Waals surface area (Å²) in [4.78, 5) is 10.1. The van der Waals surface area contributed by atoms with Crippen LogP contribution in [0.2, 0.25) is 0 Å². The molecule has 0 heterocycles. The van der Waals surface area contributed by atoms with E-state index in [9.17, 15) is 4.79 Å². The zero-order valence-electron chi connectivity index (χ0n) is 7.27. The van der Waals surface area contributed by atoms with Gasteiger partial charge in [-0.25, -0.2) is 4.79 Å². The van der Waals surface area contributed by atoms with Crippen molar-refractivity contribution in [1.82, 2.24) is 0 Å². The lowest BCUT2D eigenvalue weighted by atomic mass is 10.1. The molecule has 0 aromatic heterocycles. The number of carbonyl (C=O) groups is 1. The minimum atomic E-state index is -0.949. The normalized spacial score (nSPS) is 10.0. The van der Waals surface area contributed by atoms with Gasteiger partial charge in [-0.2, -0.15) is 5.11 Å². The summed E-state index contributed by atoms with van der Waals surface area (Å²) in [5.74, 6) is -0.164. The molecule has 6 nitrogen and oxygen atoms in total. The molecule has 0 radical (unpaired) electrons. The summed E-state index contributed by atoms with van der Waals surface area (Å²) in [6.45, 7) is 3.11. The Bertz CT molecular complexity index is 215. The van der Waals surface area contributed by atoms with Crippen molar-refractivity contribution in [3.05, 3.63) is 0 Å². The number of hydrogen-bond donors (Lipinski definition) is 3. The molecule has 0 aromatic carbocycles. The first-order chi connectivity index (χ1) is 4.86. The summed E-state index contributed by atoms with van der Waals surface area (Å²) in [6.07, 6.45) is 0. The maximum atomic E-state index is 10.1. The Morgan fingerprint density at radius 1 is 1.31 bits per heavy atom.